The summed E-state index contributed by atoms with van der Waals surface area (Å²) in [4.78, 5) is 68.4. The van der Waals surface area contributed by atoms with Crippen LogP contribution < -0.4 is 5.73 Å². The first kappa shape index (κ1) is 46.0. The van der Waals surface area contributed by atoms with Crippen LogP contribution in [0.4, 0.5) is 9.59 Å². The molecule has 1 aromatic carbocycles. The number of ether oxygens (including phenoxy) is 6. The second kappa shape index (κ2) is 17.1. The van der Waals surface area contributed by atoms with Crippen LogP contribution in [0.25, 0.3) is 0 Å². The first-order valence-corrected chi connectivity index (χ1v) is 20.2. The van der Waals surface area contributed by atoms with Crippen LogP contribution in [-0.2, 0) is 42.8 Å². The third-order valence-corrected chi connectivity index (χ3v) is 12.5. The first-order valence-electron chi connectivity index (χ1n) is 18.0. The highest BCUT2D eigenvalue weighted by atomic mass is 35.6. The van der Waals surface area contributed by atoms with Gasteiger partial charge in [-0.15, -0.1) is 0 Å². The van der Waals surface area contributed by atoms with Gasteiger partial charge in [-0.2, -0.15) is 0 Å². The molecule has 4 N–H and O–H groups in total. The average Bonchev–Trinajstić information content (AvgIpc) is 3.12. The van der Waals surface area contributed by atoms with Gasteiger partial charge in [0, 0.05) is 31.6 Å². The first-order chi connectivity index (χ1) is 26.3. The zero-order chi connectivity index (χ0) is 42.5. The van der Waals surface area contributed by atoms with Gasteiger partial charge < -0.3 is 44.4 Å². The molecule has 1 aromatic rings. The SMILES string of the molecule is CC(=O)OC12COC1CC(OC(=O)OCC(Cl)(Cl)Cl)C1(C)C(=O)/C(OC(=O)OCC(Cl)(Cl)Cl)=C3/C(C)C(CC(=O)C(O)C(N)c4ccccc4)CC(O)(CC21)C3C. The van der Waals surface area contributed by atoms with Gasteiger partial charge >= 0.3 is 18.3 Å². The number of carbonyl (C=O) groups is 5. The van der Waals surface area contributed by atoms with E-state index in [0.717, 1.165) is 0 Å². The van der Waals surface area contributed by atoms with Crippen molar-refractivity contribution in [3.8, 4) is 0 Å². The Balaban J connectivity index is 1.64. The van der Waals surface area contributed by atoms with E-state index in [1.165, 1.54) is 13.8 Å². The molecule has 1 saturated heterocycles. The van der Waals surface area contributed by atoms with Crippen LogP contribution in [0.2, 0.25) is 0 Å². The normalized spacial score (nSPS) is 34.8. The molecule has 1 heterocycles. The van der Waals surface area contributed by atoms with Crippen molar-refractivity contribution in [1.29, 1.82) is 0 Å². The number of hydrogen-bond donors (Lipinski definition) is 3. The maximum absolute atomic E-state index is 15.4. The fourth-order valence-corrected chi connectivity index (χ4v) is 9.22. The van der Waals surface area contributed by atoms with Crippen molar-refractivity contribution in [2.45, 2.75) is 96.5 Å². The lowest BCUT2D eigenvalue weighted by atomic mass is 9.48. The highest BCUT2D eigenvalue weighted by molar-refractivity contribution is 6.68. The van der Waals surface area contributed by atoms with Crippen LogP contribution in [-0.4, -0.2) is 97.0 Å². The fourth-order valence-electron chi connectivity index (χ4n) is 8.90. The lowest BCUT2D eigenvalue weighted by molar-refractivity contribution is -0.325. The number of aliphatic hydroxyl groups is 2. The van der Waals surface area contributed by atoms with Gasteiger partial charge in [0.05, 0.1) is 23.7 Å². The number of nitrogens with two attached hydrogens (primary N) is 1. The van der Waals surface area contributed by atoms with Crippen molar-refractivity contribution >= 4 is 99.5 Å². The van der Waals surface area contributed by atoms with Crippen LogP contribution in [0.15, 0.2) is 41.7 Å². The summed E-state index contributed by atoms with van der Waals surface area (Å²) < 4.78 is 29.3. The predicted octanol–water partition coefficient (Wildman–Crippen LogP) is 6.40. The summed E-state index contributed by atoms with van der Waals surface area (Å²) in [6, 6.07) is 7.46. The molecule has 2 saturated carbocycles. The van der Waals surface area contributed by atoms with Crippen molar-refractivity contribution in [2.75, 3.05) is 19.8 Å². The Morgan fingerprint density at radius 3 is 2.12 bits per heavy atom. The number of benzene rings is 1. The monoisotopic (exact) mass is 919 g/mol. The summed E-state index contributed by atoms with van der Waals surface area (Å²) in [5.41, 5.74) is 1.58. The van der Waals surface area contributed by atoms with E-state index in [4.69, 9.17) is 104 Å². The molecule has 3 fully saturated rings. The van der Waals surface area contributed by atoms with E-state index in [-0.39, 0.29) is 37.9 Å². The van der Waals surface area contributed by atoms with E-state index in [9.17, 15) is 29.4 Å². The van der Waals surface area contributed by atoms with Crippen molar-refractivity contribution < 1.29 is 62.6 Å². The zero-order valence-electron chi connectivity index (χ0n) is 31.2. The summed E-state index contributed by atoms with van der Waals surface area (Å²) in [6.45, 7) is 4.18. The van der Waals surface area contributed by atoms with Gasteiger partial charge in [0.25, 0.3) is 0 Å². The minimum atomic E-state index is -2.07. The number of hydrogen-bond acceptors (Lipinski definition) is 14. The number of allylic oxidation sites excluding steroid dienone is 1. The van der Waals surface area contributed by atoms with Crippen LogP contribution >= 0.6 is 69.6 Å². The highest BCUT2D eigenvalue weighted by Crippen LogP contribution is 2.62. The number of rotatable bonds is 10. The Labute approximate surface area is 358 Å². The van der Waals surface area contributed by atoms with Crippen LogP contribution in [0.3, 0.4) is 0 Å². The summed E-state index contributed by atoms with van der Waals surface area (Å²) in [5, 5.41) is 24.0. The van der Waals surface area contributed by atoms with E-state index in [2.05, 4.69) is 0 Å². The molecule has 1 aliphatic heterocycles. The highest BCUT2D eigenvalue weighted by Gasteiger charge is 2.73. The predicted molar refractivity (Wildman–Crippen MR) is 207 cm³/mol. The minimum Gasteiger partial charge on any atom is -0.454 e. The van der Waals surface area contributed by atoms with Gasteiger partial charge in [-0.3, -0.25) is 14.4 Å². The van der Waals surface area contributed by atoms with Crippen molar-refractivity contribution in [2.24, 2.45) is 34.8 Å². The average molecular weight is 922 g/mol. The lowest BCUT2D eigenvalue weighted by Crippen LogP contribution is -2.76. The van der Waals surface area contributed by atoms with E-state index in [0.29, 0.717) is 5.56 Å². The molecule has 20 heteroatoms. The molecule has 14 nitrogen and oxygen atoms in total. The van der Waals surface area contributed by atoms with E-state index in [1.807, 2.05) is 0 Å². The van der Waals surface area contributed by atoms with Gasteiger partial charge in [-0.25, -0.2) is 9.59 Å². The molecule has 0 amide bonds. The van der Waals surface area contributed by atoms with E-state index < -0.39 is 121 Å². The van der Waals surface area contributed by atoms with Crippen LogP contribution in [0.5, 0.6) is 0 Å². The number of alkyl halides is 6. The van der Waals surface area contributed by atoms with Crippen LogP contribution in [0.1, 0.15) is 65.0 Å². The molecule has 0 radical (unpaired) electrons. The molecular formula is C37H43Cl6NO13. The number of ketones is 2. The number of esters is 1. The third-order valence-electron chi connectivity index (χ3n) is 11.8. The summed E-state index contributed by atoms with van der Waals surface area (Å²) >= 11 is 34.8. The van der Waals surface area contributed by atoms with Gasteiger partial charge in [-0.05, 0) is 42.7 Å². The molecule has 0 spiro atoms. The van der Waals surface area contributed by atoms with Crippen LogP contribution in [0, 0.1) is 29.1 Å². The molecular weight excluding hydrogens is 879 g/mol. The quantitative estimate of drug-likeness (QED) is 0.132. The van der Waals surface area contributed by atoms with Crippen molar-refractivity contribution in [1.82, 2.24) is 0 Å². The maximum Gasteiger partial charge on any atom is 0.514 e. The van der Waals surface area contributed by atoms with Crippen molar-refractivity contribution in [3.63, 3.8) is 0 Å². The molecule has 11 atom stereocenters. The lowest BCUT2D eigenvalue weighted by Gasteiger charge is -2.64. The molecule has 3 aliphatic carbocycles. The second-order valence-corrected chi connectivity index (χ2v) is 20.4. The minimum absolute atomic E-state index is 0.0812. The molecule has 0 aromatic heterocycles. The Hall–Kier alpha value is -2.11. The standard InChI is InChI=1S/C37H43Cl6NO13/c1-17-21(10-22(46)28(47)27(44)20-8-6-5-7-9-20)12-34(51)13-23-33(4,30(48)29(26(17)18(34)2)56-32(50)54-16-37(41,42)43)24(55-31(49)53-15-36(38,39)40)11-25-35(23,14-52-25)57-19(3)45/h5-9,17-18,21,23-25,27-28,47,51H,10-16,44H2,1-4H3/b29-26+. The topological polar surface area (TPSA) is 207 Å². The van der Waals surface area contributed by atoms with E-state index >= 15 is 4.79 Å². The molecule has 4 aliphatic rings. The van der Waals surface area contributed by atoms with Crippen molar-refractivity contribution in [3.05, 3.63) is 47.2 Å². The molecule has 5 rings (SSSR count). The summed E-state index contributed by atoms with van der Waals surface area (Å²) in [6.07, 6.45) is -7.71. The van der Waals surface area contributed by atoms with Gasteiger partial charge in [0.1, 0.15) is 31.5 Å². The Bertz CT molecular complexity index is 1770. The van der Waals surface area contributed by atoms with Gasteiger partial charge in [-0.1, -0.05) is 114 Å². The third kappa shape index (κ3) is 9.61. The second-order valence-electron chi connectivity index (χ2n) is 15.4. The number of carbonyl (C=O) groups excluding carboxylic acids is 5. The Morgan fingerprint density at radius 1 is 0.982 bits per heavy atom. The molecule has 2 bridgehead atoms. The zero-order valence-corrected chi connectivity index (χ0v) is 35.7. The van der Waals surface area contributed by atoms with Gasteiger partial charge in [0.15, 0.2) is 17.1 Å². The smallest absolute Gasteiger partial charge is 0.454 e. The Morgan fingerprint density at radius 2 is 1.58 bits per heavy atom. The van der Waals surface area contributed by atoms with Gasteiger partial charge in [0.2, 0.25) is 13.4 Å². The largest absolute Gasteiger partial charge is 0.514 e. The number of halogens is 6. The molecule has 57 heavy (non-hydrogen) atoms. The van der Waals surface area contributed by atoms with E-state index in [1.54, 1.807) is 44.2 Å². The molecule has 316 valence electrons. The summed E-state index contributed by atoms with van der Waals surface area (Å²) in [7, 11) is 0. The Kier molecular flexibility index (Phi) is 13.8. The molecule has 11 unspecified atom stereocenters. The number of aliphatic hydroxyl groups excluding tert-OH is 1. The fraction of sp³-hybridized carbons (Fsp3) is 0.649. The number of Topliss-reactive ketones (excluding diaryl/α,β-unsaturated/α-hetero) is 2. The number of fused-ring (bicyclic) bond motifs is 5. The summed E-state index contributed by atoms with van der Waals surface area (Å²) in [5.74, 6) is -6.59. The maximum atomic E-state index is 15.4.